The van der Waals surface area contributed by atoms with Crippen LogP contribution in [-0.4, -0.2) is 46.2 Å². The molecular formula is C24H25N3O4. The topological polar surface area (TPSA) is 84.7 Å². The molecule has 1 N–H and O–H groups in total. The molecule has 2 aromatic heterocycles. The maximum absolute atomic E-state index is 13.4. The molecule has 0 bridgehead atoms. The highest BCUT2D eigenvalue weighted by Gasteiger charge is 2.45. The molecule has 0 fully saturated rings. The fourth-order valence-electron chi connectivity index (χ4n) is 4.73. The summed E-state index contributed by atoms with van der Waals surface area (Å²) in [7, 11) is 4.08. The molecule has 3 aromatic rings. The van der Waals surface area contributed by atoms with Crippen LogP contribution in [0.3, 0.4) is 0 Å². The number of hydrogen-bond donors (Lipinski definition) is 1. The van der Waals surface area contributed by atoms with Crippen molar-refractivity contribution < 1.29 is 14.6 Å². The fourth-order valence-corrected chi connectivity index (χ4v) is 4.73. The Morgan fingerprint density at radius 2 is 2.00 bits per heavy atom. The van der Waals surface area contributed by atoms with Gasteiger partial charge in [-0.05, 0) is 44.6 Å². The first-order valence-corrected chi connectivity index (χ1v) is 10.6. The smallest absolute Gasteiger partial charge is 0.343 e. The van der Waals surface area contributed by atoms with E-state index in [9.17, 15) is 14.7 Å². The molecule has 1 aromatic carbocycles. The Kier molecular flexibility index (Phi) is 4.50. The van der Waals surface area contributed by atoms with Crippen LogP contribution < -0.4 is 5.56 Å². The van der Waals surface area contributed by atoms with Crippen molar-refractivity contribution in [3.8, 4) is 11.4 Å². The Bertz CT molecular complexity index is 1290. The first kappa shape index (κ1) is 19.9. The Hall–Kier alpha value is -3.03. The molecule has 0 spiro atoms. The standard InChI is InChI=1S/C24H25N3O4/c1-4-24(30)18-11-20-21-16(12-27(20)22(28)17(18)13-31-23(24)29)14(9-10-26(2)3)15-7-5-6-8-19(15)25-21/h5-8,11,30H,4,9-10,12-13H2,1-3H3. The molecule has 5 rings (SSSR count). The fraction of sp³-hybridized carbons (Fsp3) is 0.375. The molecule has 2 aliphatic rings. The Balaban J connectivity index is 1.77. The number of rotatable bonds is 4. The number of esters is 1. The molecule has 7 nitrogen and oxygen atoms in total. The molecule has 4 heterocycles. The molecular weight excluding hydrogens is 394 g/mol. The number of hydrogen-bond acceptors (Lipinski definition) is 6. The minimum absolute atomic E-state index is 0.116. The van der Waals surface area contributed by atoms with Gasteiger partial charge in [0, 0.05) is 23.1 Å². The van der Waals surface area contributed by atoms with Crippen molar-refractivity contribution in [1.29, 1.82) is 0 Å². The van der Waals surface area contributed by atoms with Gasteiger partial charge in [0.15, 0.2) is 5.60 Å². The number of ether oxygens (including phenoxy) is 1. The van der Waals surface area contributed by atoms with E-state index < -0.39 is 11.6 Å². The van der Waals surface area contributed by atoms with E-state index in [1.165, 1.54) is 5.56 Å². The summed E-state index contributed by atoms with van der Waals surface area (Å²) in [4.78, 5) is 32.8. The summed E-state index contributed by atoms with van der Waals surface area (Å²) in [5.41, 5.74) is 3.16. The molecule has 0 amide bonds. The van der Waals surface area contributed by atoms with E-state index in [2.05, 4.69) is 11.0 Å². The molecule has 7 heteroatoms. The third-order valence-corrected chi connectivity index (χ3v) is 6.52. The van der Waals surface area contributed by atoms with E-state index in [1.54, 1.807) is 17.6 Å². The lowest BCUT2D eigenvalue weighted by Gasteiger charge is -2.31. The van der Waals surface area contributed by atoms with Gasteiger partial charge >= 0.3 is 5.97 Å². The van der Waals surface area contributed by atoms with Crippen LogP contribution in [-0.2, 0) is 34.7 Å². The van der Waals surface area contributed by atoms with Crippen LogP contribution in [0.5, 0.6) is 0 Å². The summed E-state index contributed by atoms with van der Waals surface area (Å²) in [6.07, 6.45) is 0.967. The third-order valence-electron chi connectivity index (χ3n) is 6.52. The summed E-state index contributed by atoms with van der Waals surface area (Å²) < 4.78 is 6.86. The van der Waals surface area contributed by atoms with Crippen LogP contribution in [0.4, 0.5) is 0 Å². The summed E-state index contributed by atoms with van der Waals surface area (Å²) in [6, 6.07) is 9.79. The van der Waals surface area contributed by atoms with Crippen LogP contribution in [0.25, 0.3) is 22.3 Å². The lowest BCUT2D eigenvalue weighted by atomic mass is 9.86. The number of carbonyl (C=O) groups is 1. The predicted molar refractivity (Wildman–Crippen MR) is 117 cm³/mol. The van der Waals surface area contributed by atoms with Gasteiger partial charge in [-0.25, -0.2) is 9.78 Å². The molecule has 1 atom stereocenters. The van der Waals surface area contributed by atoms with E-state index in [0.29, 0.717) is 23.4 Å². The number of aromatic nitrogens is 2. The lowest BCUT2D eigenvalue weighted by Crippen LogP contribution is -2.44. The summed E-state index contributed by atoms with van der Waals surface area (Å²) in [5.74, 6) is -0.705. The minimum Gasteiger partial charge on any atom is -0.458 e. The van der Waals surface area contributed by atoms with Crippen molar-refractivity contribution >= 4 is 16.9 Å². The number of cyclic esters (lactones) is 1. The summed E-state index contributed by atoms with van der Waals surface area (Å²) >= 11 is 0. The van der Waals surface area contributed by atoms with Crippen LogP contribution in [0, 0.1) is 0 Å². The first-order valence-electron chi connectivity index (χ1n) is 10.6. The van der Waals surface area contributed by atoms with E-state index in [-0.39, 0.29) is 18.6 Å². The van der Waals surface area contributed by atoms with Gasteiger partial charge in [0.25, 0.3) is 5.56 Å². The van der Waals surface area contributed by atoms with Crippen molar-refractivity contribution in [2.45, 2.75) is 38.5 Å². The average Bonchev–Trinajstić information content (AvgIpc) is 3.13. The van der Waals surface area contributed by atoms with Crippen molar-refractivity contribution in [2.24, 2.45) is 0 Å². The Morgan fingerprint density at radius 1 is 1.23 bits per heavy atom. The second-order valence-corrected chi connectivity index (χ2v) is 8.59. The van der Waals surface area contributed by atoms with Crippen molar-refractivity contribution in [1.82, 2.24) is 14.5 Å². The number of likely N-dealkylation sites (N-methyl/N-ethyl adjacent to an activating group) is 1. The molecule has 0 aliphatic carbocycles. The van der Waals surface area contributed by atoms with Gasteiger partial charge in [0.2, 0.25) is 0 Å². The van der Waals surface area contributed by atoms with Gasteiger partial charge in [-0.3, -0.25) is 4.79 Å². The number of aliphatic hydroxyl groups is 1. The number of benzene rings is 1. The number of fused-ring (bicyclic) bond motifs is 5. The van der Waals surface area contributed by atoms with Crippen LogP contribution in [0.2, 0.25) is 0 Å². The molecule has 0 saturated carbocycles. The predicted octanol–water partition coefficient (Wildman–Crippen LogP) is 2.18. The Morgan fingerprint density at radius 3 is 2.74 bits per heavy atom. The zero-order valence-corrected chi connectivity index (χ0v) is 17.9. The van der Waals surface area contributed by atoms with Crippen molar-refractivity contribution in [2.75, 3.05) is 20.6 Å². The summed E-state index contributed by atoms with van der Waals surface area (Å²) in [6.45, 7) is 2.89. The molecule has 1 unspecified atom stereocenters. The number of pyridine rings is 2. The second kappa shape index (κ2) is 7.00. The van der Waals surface area contributed by atoms with E-state index in [4.69, 9.17) is 9.72 Å². The van der Waals surface area contributed by atoms with E-state index in [1.807, 2.05) is 32.3 Å². The number of carbonyl (C=O) groups excluding carboxylic acids is 1. The molecule has 0 saturated heterocycles. The van der Waals surface area contributed by atoms with Crippen LogP contribution >= 0.6 is 0 Å². The molecule has 160 valence electrons. The monoisotopic (exact) mass is 419 g/mol. The molecule has 31 heavy (non-hydrogen) atoms. The normalized spacial score (nSPS) is 19.3. The zero-order chi connectivity index (χ0) is 21.9. The van der Waals surface area contributed by atoms with Gasteiger partial charge in [0.05, 0.1) is 29.0 Å². The van der Waals surface area contributed by atoms with Gasteiger partial charge in [0.1, 0.15) is 6.61 Å². The average molecular weight is 419 g/mol. The van der Waals surface area contributed by atoms with E-state index in [0.717, 1.165) is 35.1 Å². The molecule has 2 aliphatic heterocycles. The van der Waals surface area contributed by atoms with Crippen molar-refractivity contribution in [3.05, 3.63) is 62.9 Å². The summed E-state index contributed by atoms with van der Waals surface area (Å²) in [5, 5.41) is 12.1. The lowest BCUT2D eigenvalue weighted by molar-refractivity contribution is -0.172. The van der Waals surface area contributed by atoms with Crippen LogP contribution in [0.15, 0.2) is 35.1 Å². The largest absolute Gasteiger partial charge is 0.458 e. The second-order valence-electron chi connectivity index (χ2n) is 8.59. The number of nitrogens with zero attached hydrogens (tertiary/aromatic N) is 3. The quantitative estimate of drug-likeness (QED) is 0.511. The minimum atomic E-state index is -1.81. The van der Waals surface area contributed by atoms with Crippen molar-refractivity contribution in [3.63, 3.8) is 0 Å². The highest BCUT2D eigenvalue weighted by Crippen LogP contribution is 2.40. The van der Waals surface area contributed by atoms with Gasteiger partial charge < -0.3 is 19.3 Å². The molecule has 0 radical (unpaired) electrons. The Labute approximate surface area is 179 Å². The van der Waals surface area contributed by atoms with E-state index >= 15 is 0 Å². The van der Waals surface area contributed by atoms with Gasteiger partial charge in [-0.15, -0.1) is 0 Å². The first-order chi connectivity index (χ1) is 14.8. The highest BCUT2D eigenvalue weighted by molar-refractivity contribution is 5.89. The third kappa shape index (κ3) is 2.84. The zero-order valence-electron chi connectivity index (χ0n) is 17.9. The maximum Gasteiger partial charge on any atom is 0.343 e. The highest BCUT2D eigenvalue weighted by atomic mass is 16.6. The SMILES string of the molecule is CCC1(O)C(=O)OCc2c1cc1n(c2=O)Cc2c-1nc1ccccc1c2CCN(C)C. The maximum atomic E-state index is 13.4. The number of para-hydroxylation sites is 1. The van der Waals surface area contributed by atoms with Crippen LogP contribution in [0.1, 0.15) is 35.6 Å². The van der Waals surface area contributed by atoms with Gasteiger partial charge in [-0.1, -0.05) is 25.1 Å². The van der Waals surface area contributed by atoms with Gasteiger partial charge in [-0.2, -0.15) is 0 Å².